The van der Waals surface area contributed by atoms with Crippen LogP contribution in [0, 0.1) is 6.92 Å². The zero-order valence-electron chi connectivity index (χ0n) is 13.8. The van der Waals surface area contributed by atoms with Crippen molar-refractivity contribution in [2.24, 2.45) is 0 Å². The first-order valence-electron chi connectivity index (χ1n) is 8.29. The van der Waals surface area contributed by atoms with Crippen LogP contribution in [0.5, 0.6) is 0 Å². The molecule has 2 aromatic rings. The average molecular weight is 345 g/mol. The first kappa shape index (κ1) is 16.7. The number of likely N-dealkylation sites (tertiary alicyclic amines) is 1. The van der Waals surface area contributed by atoms with Crippen molar-refractivity contribution >= 4 is 29.0 Å². The minimum Gasteiger partial charge on any atom is -0.340 e. The maximum atomic E-state index is 12.7. The second-order valence-corrected chi connectivity index (χ2v) is 6.46. The molecule has 1 aromatic heterocycles. The number of nitrogens with one attached hydrogen (secondary N) is 1. The number of carbonyl (C=O) groups excluding carboxylic acids is 1. The summed E-state index contributed by atoms with van der Waals surface area (Å²) in [5.41, 5.74) is 1.31. The molecule has 0 spiro atoms. The van der Waals surface area contributed by atoms with Gasteiger partial charge in [0.25, 0.3) is 5.91 Å². The molecule has 1 aromatic carbocycles. The summed E-state index contributed by atoms with van der Waals surface area (Å²) >= 11 is 5.90. The minimum absolute atomic E-state index is 0.0124. The Morgan fingerprint density at radius 1 is 1.08 bits per heavy atom. The van der Waals surface area contributed by atoms with Crippen molar-refractivity contribution in [3.63, 3.8) is 0 Å². The Morgan fingerprint density at radius 3 is 2.42 bits per heavy atom. The normalized spacial score (nSPS) is 15.0. The number of benzene rings is 1. The molecule has 1 fully saturated rings. The molecule has 2 heterocycles. The molecular formula is C18H21ClN4O. The van der Waals surface area contributed by atoms with Crippen molar-refractivity contribution in [1.29, 1.82) is 0 Å². The largest absolute Gasteiger partial charge is 0.340 e. The van der Waals surface area contributed by atoms with Crippen LogP contribution in [0.3, 0.4) is 0 Å². The fourth-order valence-corrected chi connectivity index (χ4v) is 2.98. The molecule has 0 unspecified atom stereocenters. The summed E-state index contributed by atoms with van der Waals surface area (Å²) in [5, 5.41) is 3.88. The monoisotopic (exact) mass is 344 g/mol. The molecule has 1 saturated heterocycles. The number of hydrogen-bond acceptors (Lipinski definition) is 4. The van der Waals surface area contributed by atoms with Crippen molar-refractivity contribution in [2.45, 2.75) is 32.6 Å². The first-order valence-corrected chi connectivity index (χ1v) is 8.67. The van der Waals surface area contributed by atoms with Gasteiger partial charge in [0.2, 0.25) is 0 Å². The van der Waals surface area contributed by atoms with Gasteiger partial charge in [-0.1, -0.05) is 24.4 Å². The fourth-order valence-electron chi connectivity index (χ4n) is 2.86. The van der Waals surface area contributed by atoms with Crippen molar-refractivity contribution < 1.29 is 4.79 Å². The molecule has 5 nitrogen and oxygen atoms in total. The number of carbonyl (C=O) groups is 1. The van der Waals surface area contributed by atoms with Gasteiger partial charge in [-0.3, -0.25) is 4.79 Å². The summed E-state index contributed by atoms with van der Waals surface area (Å²) in [6.45, 7) is 3.41. The quantitative estimate of drug-likeness (QED) is 0.906. The number of hydrogen-bond donors (Lipinski definition) is 1. The lowest BCUT2D eigenvalue weighted by molar-refractivity contribution is 0.0755. The SMILES string of the molecule is Cc1nc(Nc2ccc(Cl)cc2)cc(C(=O)N2CCCCCC2)n1. The molecule has 1 aliphatic rings. The van der Waals surface area contributed by atoms with E-state index in [9.17, 15) is 4.79 Å². The van der Waals surface area contributed by atoms with Crippen molar-refractivity contribution in [3.05, 3.63) is 46.9 Å². The number of anilines is 2. The van der Waals surface area contributed by atoms with Gasteiger partial charge in [-0.2, -0.15) is 0 Å². The third kappa shape index (κ3) is 4.23. The van der Waals surface area contributed by atoms with Gasteiger partial charge in [-0.15, -0.1) is 0 Å². The fraction of sp³-hybridized carbons (Fsp3) is 0.389. The van der Waals surface area contributed by atoms with E-state index >= 15 is 0 Å². The zero-order chi connectivity index (χ0) is 16.9. The second-order valence-electron chi connectivity index (χ2n) is 6.02. The van der Waals surface area contributed by atoms with Gasteiger partial charge in [0.1, 0.15) is 17.3 Å². The van der Waals surface area contributed by atoms with Crippen molar-refractivity contribution in [3.8, 4) is 0 Å². The Hall–Kier alpha value is -2.14. The Morgan fingerprint density at radius 2 is 1.75 bits per heavy atom. The lowest BCUT2D eigenvalue weighted by Gasteiger charge is -2.20. The van der Waals surface area contributed by atoms with E-state index in [4.69, 9.17) is 11.6 Å². The Kier molecular flexibility index (Phi) is 5.30. The predicted molar refractivity (Wildman–Crippen MR) is 95.9 cm³/mol. The van der Waals surface area contributed by atoms with Crippen LogP contribution in [0.15, 0.2) is 30.3 Å². The second kappa shape index (κ2) is 7.62. The van der Waals surface area contributed by atoms with E-state index in [1.165, 1.54) is 12.8 Å². The van der Waals surface area contributed by atoms with Crippen LogP contribution in [-0.4, -0.2) is 33.9 Å². The number of aromatic nitrogens is 2. The molecule has 24 heavy (non-hydrogen) atoms. The Balaban J connectivity index is 1.80. The van der Waals surface area contributed by atoms with Gasteiger partial charge in [0.05, 0.1) is 0 Å². The van der Waals surface area contributed by atoms with E-state index in [2.05, 4.69) is 15.3 Å². The number of aryl methyl sites for hydroxylation is 1. The van der Waals surface area contributed by atoms with Gasteiger partial charge in [-0.25, -0.2) is 9.97 Å². The van der Waals surface area contributed by atoms with Gasteiger partial charge in [0.15, 0.2) is 0 Å². The lowest BCUT2D eigenvalue weighted by atomic mass is 10.2. The van der Waals surface area contributed by atoms with Gasteiger partial charge >= 0.3 is 0 Å². The molecular weight excluding hydrogens is 324 g/mol. The third-order valence-corrected chi connectivity index (χ3v) is 4.32. The highest BCUT2D eigenvalue weighted by molar-refractivity contribution is 6.30. The Labute approximate surface area is 147 Å². The summed E-state index contributed by atoms with van der Waals surface area (Å²) < 4.78 is 0. The average Bonchev–Trinajstić information content (AvgIpc) is 2.85. The number of halogens is 1. The number of nitrogens with zero attached hydrogens (tertiary/aromatic N) is 3. The molecule has 0 atom stereocenters. The third-order valence-electron chi connectivity index (χ3n) is 4.07. The maximum absolute atomic E-state index is 12.7. The number of amides is 1. The van der Waals surface area contributed by atoms with Crippen LogP contribution in [0.1, 0.15) is 42.0 Å². The first-order chi connectivity index (χ1) is 11.6. The summed E-state index contributed by atoms with van der Waals surface area (Å²) in [4.78, 5) is 23.4. The van der Waals surface area contributed by atoms with Gasteiger partial charge < -0.3 is 10.2 Å². The summed E-state index contributed by atoms with van der Waals surface area (Å²) in [6.07, 6.45) is 4.50. The summed E-state index contributed by atoms with van der Waals surface area (Å²) in [5.74, 6) is 1.18. The highest BCUT2D eigenvalue weighted by atomic mass is 35.5. The molecule has 0 saturated carbocycles. The topological polar surface area (TPSA) is 58.1 Å². The van der Waals surface area contributed by atoms with Gasteiger partial charge in [0, 0.05) is 29.9 Å². The van der Waals surface area contributed by atoms with E-state index in [0.717, 1.165) is 31.6 Å². The molecule has 1 amide bonds. The smallest absolute Gasteiger partial charge is 0.272 e. The molecule has 1 aliphatic heterocycles. The zero-order valence-corrected chi connectivity index (χ0v) is 14.5. The van der Waals surface area contributed by atoms with E-state index < -0.39 is 0 Å². The lowest BCUT2D eigenvalue weighted by Crippen LogP contribution is -2.32. The molecule has 6 heteroatoms. The van der Waals surface area contributed by atoms with Crippen LogP contribution in [0.4, 0.5) is 11.5 Å². The van der Waals surface area contributed by atoms with Crippen LogP contribution in [-0.2, 0) is 0 Å². The standard InChI is InChI=1S/C18H21ClN4O/c1-13-20-16(18(24)23-10-4-2-3-5-11-23)12-17(21-13)22-15-8-6-14(19)7-9-15/h6-9,12H,2-5,10-11H2,1H3,(H,20,21,22). The molecule has 0 radical (unpaired) electrons. The minimum atomic E-state index is -0.0124. The predicted octanol–water partition coefficient (Wildman–Crippen LogP) is 4.20. The molecule has 3 rings (SSSR count). The van der Waals surface area contributed by atoms with E-state index in [0.29, 0.717) is 22.4 Å². The molecule has 1 N–H and O–H groups in total. The number of rotatable bonds is 3. The Bertz CT molecular complexity index is 709. The van der Waals surface area contributed by atoms with Crippen LogP contribution in [0.2, 0.25) is 5.02 Å². The van der Waals surface area contributed by atoms with Crippen LogP contribution >= 0.6 is 11.6 Å². The maximum Gasteiger partial charge on any atom is 0.272 e. The molecule has 0 bridgehead atoms. The van der Waals surface area contributed by atoms with Crippen LogP contribution < -0.4 is 5.32 Å². The highest BCUT2D eigenvalue weighted by Crippen LogP contribution is 2.19. The van der Waals surface area contributed by atoms with Gasteiger partial charge in [-0.05, 0) is 44.0 Å². The summed E-state index contributed by atoms with van der Waals surface area (Å²) in [6, 6.07) is 9.07. The van der Waals surface area contributed by atoms with E-state index in [1.807, 2.05) is 17.0 Å². The summed E-state index contributed by atoms with van der Waals surface area (Å²) in [7, 11) is 0. The molecule has 126 valence electrons. The van der Waals surface area contributed by atoms with Crippen LogP contribution in [0.25, 0.3) is 0 Å². The van der Waals surface area contributed by atoms with E-state index in [-0.39, 0.29) is 5.91 Å². The van der Waals surface area contributed by atoms with Crippen molar-refractivity contribution in [2.75, 3.05) is 18.4 Å². The molecule has 0 aliphatic carbocycles. The van der Waals surface area contributed by atoms with Crippen molar-refractivity contribution in [1.82, 2.24) is 14.9 Å². The highest BCUT2D eigenvalue weighted by Gasteiger charge is 2.19. The van der Waals surface area contributed by atoms with E-state index in [1.54, 1.807) is 25.1 Å².